The molecule has 1 aromatic carbocycles. The molecule has 3 unspecified atom stereocenters. The number of rotatable bonds is 2. The summed E-state index contributed by atoms with van der Waals surface area (Å²) in [4.78, 5) is 7.23. The van der Waals surface area contributed by atoms with E-state index in [0.717, 1.165) is 17.4 Å². The van der Waals surface area contributed by atoms with Crippen molar-refractivity contribution >= 4 is 51.5 Å². The Kier molecular flexibility index (Phi) is 6.06. The molecule has 2 aliphatic rings. The zero-order valence-corrected chi connectivity index (χ0v) is 16.6. The van der Waals surface area contributed by atoms with Crippen LogP contribution in [0.2, 0.25) is 5.02 Å². The molecule has 1 aliphatic carbocycles. The minimum atomic E-state index is 0.433. The molecular formula is C18H24ClN3S2. The largest absolute Gasteiger partial charge is 0.332 e. The van der Waals surface area contributed by atoms with Crippen molar-refractivity contribution in [2.75, 3.05) is 11.9 Å². The average molecular weight is 382 g/mol. The number of hydrogen-bond donors (Lipinski definition) is 1. The van der Waals surface area contributed by atoms with E-state index in [9.17, 15) is 0 Å². The zero-order chi connectivity index (χ0) is 17.1. The number of thioether (sulfide) groups is 1. The van der Waals surface area contributed by atoms with Gasteiger partial charge in [-0.1, -0.05) is 56.1 Å². The van der Waals surface area contributed by atoms with Crippen molar-refractivity contribution in [2.24, 2.45) is 10.9 Å². The molecule has 1 N–H and O–H groups in total. The van der Waals surface area contributed by atoms with E-state index in [1.165, 1.54) is 25.7 Å². The number of hydrogen-bond acceptors (Lipinski definition) is 3. The molecule has 3 nitrogen and oxygen atoms in total. The second kappa shape index (κ2) is 8.07. The third-order valence-electron chi connectivity index (χ3n) is 4.64. The van der Waals surface area contributed by atoms with Crippen LogP contribution in [0.3, 0.4) is 0 Å². The van der Waals surface area contributed by atoms with Crippen molar-refractivity contribution in [1.29, 1.82) is 0 Å². The third kappa shape index (κ3) is 4.44. The summed E-state index contributed by atoms with van der Waals surface area (Å²) in [7, 11) is 0. The van der Waals surface area contributed by atoms with Crippen LogP contribution in [0.4, 0.5) is 5.69 Å². The van der Waals surface area contributed by atoms with E-state index in [1.807, 2.05) is 36.0 Å². The lowest BCUT2D eigenvalue weighted by Crippen LogP contribution is -2.37. The predicted molar refractivity (Wildman–Crippen MR) is 110 cm³/mol. The number of anilines is 1. The fraction of sp³-hybridized carbons (Fsp3) is 0.556. The number of halogens is 1. The molecule has 0 spiro atoms. The molecule has 24 heavy (non-hydrogen) atoms. The Morgan fingerprint density at radius 3 is 2.88 bits per heavy atom. The molecule has 3 rings (SSSR count). The maximum Gasteiger partial charge on any atom is 0.179 e. The fourth-order valence-corrected chi connectivity index (χ4v) is 4.87. The van der Waals surface area contributed by atoms with Crippen molar-refractivity contribution in [3.05, 3.63) is 29.3 Å². The lowest BCUT2D eigenvalue weighted by Gasteiger charge is -2.27. The molecule has 1 saturated carbocycles. The molecule has 0 radical (unpaired) electrons. The van der Waals surface area contributed by atoms with Gasteiger partial charge in [0.2, 0.25) is 0 Å². The lowest BCUT2D eigenvalue weighted by atomic mass is 9.86. The molecule has 1 saturated heterocycles. The predicted octanol–water partition coefficient (Wildman–Crippen LogP) is 5.41. The van der Waals surface area contributed by atoms with Crippen LogP contribution in [0.5, 0.6) is 0 Å². The molecule has 1 heterocycles. The first-order chi connectivity index (χ1) is 11.5. The number of nitrogens with zero attached hydrogens (tertiary/aromatic N) is 2. The van der Waals surface area contributed by atoms with Gasteiger partial charge in [0.25, 0.3) is 0 Å². The minimum Gasteiger partial charge on any atom is -0.332 e. The summed E-state index contributed by atoms with van der Waals surface area (Å²) in [5.74, 6) is 0.666. The summed E-state index contributed by atoms with van der Waals surface area (Å²) >= 11 is 13.5. The van der Waals surface area contributed by atoms with Crippen molar-refractivity contribution in [3.63, 3.8) is 0 Å². The smallest absolute Gasteiger partial charge is 0.179 e. The van der Waals surface area contributed by atoms with Crippen molar-refractivity contribution in [2.45, 2.75) is 50.8 Å². The zero-order valence-electron chi connectivity index (χ0n) is 14.2. The molecule has 0 amide bonds. The van der Waals surface area contributed by atoms with Gasteiger partial charge in [0.15, 0.2) is 10.3 Å². The van der Waals surface area contributed by atoms with E-state index in [2.05, 4.69) is 24.1 Å². The molecule has 1 aliphatic heterocycles. The van der Waals surface area contributed by atoms with Gasteiger partial charge < -0.3 is 5.32 Å². The number of amidine groups is 1. The van der Waals surface area contributed by atoms with Crippen LogP contribution in [0, 0.1) is 5.92 Å². The summed E-state index contributed by atoms with van der Waals surface area (Å²) in [5.41, 5.74) is 0.919. The van der Waals surface area contributed by atoms with Gasteiger partial charge in [-0.25, -0.2) is 0 Å². The Balaban J connectivity index is 1.73. The number of benzene rings is 1. The topological polar surface area (TPSA) is 27.6 Å². The van der Waals surface area contributed by atoms with Crippen LogP contribution in [-0.4, -0.2) is 33.0 Å². The second-order valence-corrected chi connectivity index (χ2v) is 8.95. The van der Waals surface area contributed by atoms with Gasteiger partial charge in [0.05, 0.1) is 6.04 Å². The first kappa shape index (κ1) is 18.0. The standard InChI is InChI=1S/C18H24ClN3S2/c1-12-6-3-4-9-16(12)21-18-22(11-13(2)24-18)17(23)20-15-8-5-7-14(19)10-15/h5,7-8,10,12-13,16H,3-4,6,9,11H2,1-2H3,(H,20,23)/b21-18+. The maximum atomic E-state index is 6.06. The Morgan fingerprint density at radius 2 is 2.12 bits per heavy atom. The maximum absolute atomic E-state index is 6.06. The Hall–Kier alpha value is -0.780. The number of aliphatic imine (C=N–C) groups is 1. The monoisotopic (exact) mass is 381 g/mol. The average Bonchev–Trinajstić information content (AvgIpc) is 2.90. The minimum absolute atomic E-state index is 0.433. The quantitative estimate of drug-likeness (QED) is 0.693. The molecule has 0 aromatic heterocycles. The van der Waals surface area contributed by atoms with Gasteiger partial charge in [-0.15, -0.1) is 0 Å². The van der Waals surface area contributed by atoms with Crippen LogP contribution < -0.4 is 5.32 Å². The molecule has 6 heteroatoms. The summed E-state index contributed by atoms with van der Waals surface area (Å²) in [6.45, 7) is 5.45. The van der Waals surface area contributed by atoms with Gasteiger partial charge in [-0.05, 0) is 49.2 Å². The summed E-state index contributed by atoms with van der Waals surface area (Å²) in [6, 6.07) is 8.09. The fourth-order valence-electron chi connectivity index (χ4n) is 3.27. The summed E-state index contributed by atoms with van der Waals surface area (Å²) in [5, 5.41) is 6.28. The first-order valence-corrected chi connectivity index (χ1v) is 10.3. The lowest BCUT2D eigenvalue weighted by molar-refractivity contribution is 0.332. The normalized spacial score (nSPS) is 29.0. The molecule has 0 bridgehead atoms. The van der Waals surface area contributed by atoms with Gasteiger partial charge in [-0.2, -0.15) is 0 Å². The number of nitrogens with one attached hydrogen (secondary N) is 1. The van der Waals surface area contributed by atoms with Gasteiger partial charge in [0, 0.05) is 22.5 Å². The Bertz CT molecular complexity index is 634. The van der Waals surface area contributed by atoms with Crippen LogP contribution in [-0.2, 0) is 0 Å². The first-order valence-electron chi connectivity index (χ1n) is 8.61. The van der Waals surface area contributed by atoms with Crippen LogP contribution >= 0.6 is 35.6 Å². The van der Waals surface area contributed by atoms with Crippen molar-refractivity contribution < 1.29 is 0 Å². The van der Waals surface area contributed by atoms with Gasteiger partial charge in [0.1, 0.15) is 0 Å². The summed E-state index contributed by atoms with van der Waals surface area (Å²) < 4.78 is 0. The Labute approximate surface area is 159 Å². The van der Waals surface area contributed by atoms with E-state index in [1.54, 1.807) is 0 Å². The highest BCUT2D eigenvalue weighted by molar-refractivity contribution is 8.14. The van der Waals surface area contributed by atoms with E-state index in [-0.39, 0.29) is 0 Å². The second-order valence-electron chi connectivity index (χ2n) is 6.72. The summed E-state index contributed by atoms with van der Waals surface area (Å²) in [6.07, 6.45) is 5.11. The Morgan fingerprint density at radius 1 is 1.33 bits per heavy atom. The van der Waals surface area contributed by atoms with Crippen LogP contribution in [0.1, 0.15) is 39.5 Å². The highest BCUT2D eigenvalue weighted by Crippen LogP contribution is 2.31. The third-order valence-corrected chi connectivity index (χ3v) is 6.29. The molecule has 2 fully saturated rings. The van der Waals surface area contributed by atoms with Crippen molar-refractivity contribution in [1.82, 2.24) is 4.90 Å². The highest BCUT2D eigenvalue weighted by atomic mass is 35.5. The van der Waals surface area contributed by atoms with Crippen LogP contribution in [0.15, 0.2) is 29.3 Å². The van der Waals surface area contributed by atoms with E-state index >= 15 is 0 Å². The van der Waals surface area contributed by atoms with E-state index in [0.29, 0.717) is 27.3 Å². The highest BCUT2D eigenvalue weighted by Gasteiger charge is 2.31. The van der Waals surface area contributed by atoms with Gasteiger partial charge >= 0.3 is 0 Å². The molecular weight excluding hydrogens is 358 g/mol. The number of thiocarbonyl (C=S) groups is 1. The van der Waals surface area contributed by atoms with E-state index < -0.39 is 0 Å². The van der Waals surface area contributed by atoms with Crippen molar-refractivity contribution in [3.8, 4) is 0 Å². The molecule has 130 valence electrons. The molecule has 3 atom stereocenters. The van der Waals surface area contributed by atoms with Gasteiger partial charge in [-0.3, -0.25) is 9.89 Å². The van der Waals surface area contributed by atoms with Crippen LogP contribution in [0.25, 0.3) is 0 Å². The van der Waals surface area contributed by atoms with E-state index in [4.69, 9.17) is 28.8 Å². The molecule has 1 aromatic rings. The SMILES string of the molecule is CC1CN(C(=S)Nc2cccc(Cl)c2)/C(=N\C2CCCCC2C)S1.